The molecule has 8 heteroatoms. The average molecular weight is 459 g/mol. The summed E-state index contributed by atoms with van der Waals surface area (Å²) >= 11 is 3.40. The molecule has 0 radical (unpaired) electrons. The fourth-order valence-corrected chi connectivity index (χ4v) is 3.20. The van der Waals surface area contributed by atoms with Gasteiger partial charge in [0, 0.05) is 21.5 Å². The van der Waals surface area contributed by atoms with Gasteiger partial charge in [0.2, 0.25) is 5.91 Å². The summed E-state index contributed by atoms with van der Waals surface area (Å²) in [6, 6.07) is 10.8. The number of amides is 1. The lowest BCUT2D eigenvalue weighted by Crippen LogP contribution is -2.12. The highest BCUT2D eigenvalue weighted by Gasteiger charge is 2.19. The highest BCUT2D eigenvalue weighted by Crippen LogP contribution is 2.31. The Hall–Kier alpha value is -3.26. The minimum absolute atomic E-state index is 0.175. The minimum Gasteiger partial charge on any atom is -0.493 e. The standard InChI is InChI=1S/C21H19BrN2O5/c1-27-16-8-4-12(10-17(16)28-2)5-9-18(25)24-19-14-11-13(22)6-7-15(14)23-20(19)21(26)29-3/h4-11,23H,1-3H3,(H,24,25). The number of carbonyl (C=O) groups is 2. The normalized spacial score (nSPS) is 10.9. The Morgan fingerprint density at radius 2 is 1.79 bits per heavy atom. The first-order chi connectivity index (χ1) is 14.0. The molecular formula is C21H19BrN2O5. The molecule has 0 aliphatic carbocycles. The van der Waals surface area contributed by atoms with Gasteiger partial charge < -0.3 is 24.5 Å². The second kappa shape index (κ2) is 8.83. The summed E-state index contributed by atoms with van der Waals surface area (Å²) in [4.78, 5) is 27.6. The van der Waals surface area contributed by atoms with Crippen LogP contribution in [-0.4, -0.2) is 38.2 Å². The number of carbonyl (C=O) groups excluding carboxylic acids is 2. The molecule has 0 aliphatic heterocycles. The summed E-state index contributed by atoms with van der Waals surface area (Å²) < 4.78 is 16.1. The molecule has 0 saturated carbocycles. The zero-order valence-electron chi connectivity index (χ0n) is 16.0. The Morgan fingerprint density at radius 1 is 1.03 bits per heavy atom. The zero-order valence-corrected chi connectivity index (χ0v) is 17.6. The van der Waals surface area contributed by atoms with E-state index in [1.807, 2.05) is 12.1 Å². The number of nitrogens with one attached hydrogen (secondary N) is 2. The maximum absolute atomic E-state index is 12.5. The van der Waals surface area contributed by atoms with Crippen molar-refractivity contribution in [2.45, 2.75) is 0 Å². The number of hydrogen-bond acceptors (Lipinski definition) is 5. The van der Waals surface area contributed by atoms with Crippen LogP contribution >= 0.6 is 15.9 Å². The lowest BCUT2D eigenvalue weighted by Gasteiger charge is -2.07. The van der Waals surface area contributed by atoms with E-state index in [2.05, 4.69) is 26.2 Å². The second-order valence-electron chi connectivity index (χ2n) is 5.99. The molecule has 0 unspecified atom stereocenters. The van der Waals surface area contributed by atoms with Crippen molar-refractivity contribution in [1.82, 2.24) is 4.98 Å². The van der Waals surface area contributed by atoms with Crippen molar-refractivity contribution in [3.05, 3.63) is 58.2 Å². The molecule has 0 fully saturated rings. The summed E-state index contributed by atoms with van der Waals surface area (Å²) in [5.74, 6) is 0.188. The Balaban J connectivity index is 1.89. The zero-order chi connectivity index (χ0) is 21.0. The average Bonchev–Trinajstić information content (AvgIpc) is 3.08. The number of fused-ring (bicyclic) bond motifs is 1. The molecule has 0 bridgehead atoms. The quantitative estimate of drug-likeness (QED) is 0.422. The fraction of sp³-hybridized carbons (Fsp3) is 0.143. The van der Waals surface area contributed by atoms with Gasteiger partial charge in [0.25, 0.3) is 0 Å². The van der Waals surface area contributed by atoms with Crippen LogP contribution in [0.15, 0.2) is 46.9 Å². The molecule has 29 heavy (non-hydrogen) atoms. The van der Waals surface area contributed by atoms with E-state index in [9.17, 15) is 9.59 Å². The molecule has 2 aromatic carbocycles. The Morgan fingerprint density at radius 3 is 2.48 bits per heavy atom. The lowest BCUT2D eigenvalue weighted by molar-refractivity contribution is -0.111. The van der Waals surface area contributed by atoms with Gasteiger partial charge in [-0.25, -0.2) is 4.79 Å². The summed E-state index contributed by atoms with van der Waals surface area (Å²) in [7, 11) is 4.38. The number of H-pyrrole nitrogens is 1. The predicted molar refractivity (Wildman–Crippen MR) is 115 cm³/mol. The summed E-state index contributed by atoms with van der Waals surface area (Å²) in [6.07, 6.45) is 3.01. The van der Waals surface area contributed by atoms with Crippen molar-refractivity contribution in [2.75, 3.05) is 26.6 Å². The molecule has 1 heterocycles. The molecule has 1 amide bonds. The first-order valence-electron chi connectivity index (χ1n) is 8.57. The first-order valence-corrected chi connectivity index (χ1v) is 9.36. The van der Waals surface area contributed by atoms with Gasteiger partial charge in [0.05, 0.1) is 27.0 Å². The van der Waals surface area contributed by atoms with Gasteiger partial charge in [0.1, 0.15) is 5.69 Å². The molecule has 0 saturated heterocycles. The molecule has 7 nitrogen and oxygen atoms in total. The van der Waals surface area contributed by atoms with Crippen LogP contribution in [0.5, 0.6) is 11.5 Å². The number of benzene rings is 2. The van der Waals surface area contributed by atoms with Gasteiger partial charge in [-0.2, -0.15) is 0 Å². The van der Waals surface area contributed by atoms with Crippen molar-refractivity contribution in [3.8, 4) is 11.5 Å². The fourth-order valence-electron chi connectivity index (χ4n) is 2.84. The number of methoxy groups -OCH3 is 3. The number of halogens is 1. The number of esters is 1. The molecule has 3 aromatic rings. The number of aromatic nitrogens is 1. The van der Waals surface area contributed by atoms with Crippen molar-refractivity contribution in [2.24, 2.45) is 0 Å². The third-order valence-corrected chi connectivity index (χ3v) is 4.73. The predicted octanol–water partition coefficient (Wildman–Crippen LogP) is 4.39. The highest BCUT2D eigenvalue weighted by atomic mass is 79.9. The van der Waals surface area contributed by atoms with Crippen LogP contribution in [0.3, 0.4) is 0 Å². The number of hydrogen-bond donors (Lipinski definition) is 2. The van der Waals surface area contributed by atoms with Gasteiger partial charge in [-0.1, -0.05) is 22.0 Å². The van der Waals surface area contributed by atoms with Gasteiger partial charge in [-0.3, -0.25) is 4.79 Å². The summed E-state index contributed by atoms with van der Waals surface area (Å²) in [6.45, 7) is 0. The van der Waals surface area contributed by atoms with Crippen molar-refractivity contribution in [3.63, 3.8) is 0 Å². The molecule has 3 rings (SSSR count). The summed E-state index contributed by atoms with van der Waals surface area (Å²) in [5, 5.41) is 3.45. The van der Waals surface area contributed by atoms with Gasteiger partial charge in [0.15, 0.2) is 11.5 Å². The smallest absolute Gasteiger partial charge is 0.356 e. The molecule has 0 atom stereocenters. The van der Waals surface area contributed by atoms with E-state index in [-0.39, 0.29) is 5.69 Å². The van der Waals surface area contributed by atoms with Crippen LogP contribution in [0.25, 0.3) is 17.0 Å². The Kier molecular flexibility index (Phi) is 6.23. The highest BCUT2D eigenvalue weighted by molar-refractivity contribution is 9.10. The van der Waals surface area contributed by atoms with E-state index in [0.717, 1.165) is 10.0 Å². The van der Waals surface area contributed by atoms with E-state index in [1.165, 1.54) is 13.2 Å². The van der Waals surface area contributed by atoms with Crippen molar-refractivity contribution >= 4 is 50.5 Å². The molecule has 1 aromatic heterocycles. The topological polar surface area (TPSA) is 89.7 Å². The van der Waals surface area contributed by atoms with E-state index < -0.39 is 11.9 Å². The maximum atomic E-state index is 12.5. The van der Waals surface area contributed by atoms with Crippen molar-refractivity contribution in [1.29, 1.82) is 0 Å². The number of anilines is 1. The van der Waals surface area contributed by atoms with Crippen LogP contribution in [0, 0.1) is 0 Å². The minimum atomic E-state index is -0.573. The van der Waals surface area contributed by atoms with Gasteiger partial charge in [-0.05, 0) is 42.0 Å². The van der Waals surface area contributed by atoms with E-state index in [0.29, 0.717) is 28.1 Å². The molecule has 150 valence electrons. The third-order valence-electron chi connectivity index (χ3n) is 4.23. The van der Waals surface area contributed by atoms with Crippen molar-refractivity contribution < 1.29 is 23.8 Å². The molecular weight excluding hydrogens is 440 g/mol. The molecule has 0 spiro atoms. The molecule has 2 N–H and O–H groups in total. The number of aromatic amines is 1. The van der Waals surface area contributed by atoms with E-state index in [1.54, 1.807) is 44.6 Å². The number of ether oxygens (including phenoxy) is 3. The lowest BCUT2D eigenvalue weighted by atomic mass is 10.2. The van der Waals surface area contributed by atoms with Crippen LogP contribution in [0.4, 0.5) is 5.69 Å². The largest absolute Gasteiger partial charge is 0.493 e. The maximum Gasteiger partial charge on any atom is 0.356 e. The summed E-state index contributed by atoms with van der Waals surface area (Å²) in [5.41, 5.74) is 1.99. The number of rotatable bonds is 6. The Labute approximate surface area is 175 Å². The Bertz CT molecular complexity index is 1100. The second-order valence-corrected chi connectivity index (χ2v) is 6.91. The monoisotopic (exact) mass is 458 g/mol. The van der Waals surface area contributed by atoms with Crippen LogP contribution < -0.4 is 14.8 Å². The van der Waals surface area contributed by atoms with Crippen LogP contribution in [-0.2, 0) is 9.53 Å². The SMILES string of the molecule is COC(=O)c1[nH]c2ccc(Br)cc2c1NC(=O)C=Cc1ccc(OC)c(OC)c1. The molecule has 0 aliphatic rings. The van der Waals surface area contributed by atoms with Crippen LogP contribution in [0.2, 0.25) is 0 Å². The first kappa shape index (κ1) is 20.5. The van der Waals surface area contributed by atoms with Crippen LogP contribution in [0.1, 0.15) is 16.1 Å². The van der Waals surface area contributed by atoms with E-state index in [4.69, 9.17) is 14.2 Å². The van der Waals surface area contributed by atoms with Gasteiger partial charge in [-0.15, -0.1) is 0 Å². The van der Waals surface area contributed by atoms with E-state index >= 15 is 0 Å². The van der Waals surface area contributed by atoms with Gasteiger partial charge >= 0.3 is 5.97 Å². The third kappa shape index (κ3) is 4.43.